The molecule has 0 aliphatic carbocycles. The molecule has 1 atom stereocenters. The maximum Gasteiger partial charge on any atom is 0.119 e. The third kappa shape index (κ3) is 3.58. The molecule has 0 saturated carbocycles. The monoisotopic (exact) mass is 255 g/mol. The van der Waals surface area contributed by atoms with Gasteiger partial charge in [-0.1, -0.05) is 41.5 Å². The Kier molecular flexibility index (Phi) is 4.23. The Bertz CT molecular complexity index is 543. The van der Waals surface area contributed by atoms with Gasteiger partial charge in [-0.2, -0.15) is 0 Å². The van der Waals surface area contributed by atoms with Gasteiger partial charge in [0.05, 0.1) is 7.11 Å². The van der Waals surface area contributed by atoms with E-state index in [1.807, 2.05) is 18.2 Å². The van der Waals surface area contributed by atoms with Gasteiger partial charge in [-0.25, -0.2) is 0 Å². The van der Waals surface area contributed by atoms with E-state index in [0.29, 0.717) is 0 Å². The summed E-state index contributed by atoms with van der Waals surface area (Å²) < 4.78 is 5.24. The first kappa shape index (κ1) is 13.6. The Morgan fingerprint density at radius 3 is 2.37 bits per heavy atom. The molecule has 0 aromatic heterocycles. The van der Waals surface area contributed by atoms with E-state index in [4.69, 9.17) is 10.5 Å². The number of aryl methyl sites for hydroxylation is 2. The van der Waals surface area contributed by atoms with Crippen LogP contribution in [0.5, 0.6) is 5.75 Å². The molecule has 0 fully saturated rings. The molecule has 2 aromatic rings. The average molecular weight is 255 g/mol. The molecule has 2 nitrogen and oxygen atoms in total. The van der Waals surface area contributed by atoms with Gasteiger partial charge in [-0.3, -0.25) is 0 Å². The summed E-state index contributed by atoms with van der Waals surface area (Å²) in [6, 6.07) is 14.6. The standard InChI is InChI=1S/C17H21NO/c1-12-7-13(2)9-15(8-12)17(18)11-14-5-4-6-16(10-14)19-3/h4-10,17H,11,18H2,1-3H3. The van der Waals surface area contributed by atoms with E-state index in [1.54, 1.807) is 7.11 Å². The van der Waals surface area contributed by atoms with Crippen molar-refractivity contribution in [3.63, 3.8) is 0 Å². The van der Waals surface area contributed by atoms with Crippen LogP contribution >= 0.6 is 0 Å². The van der Waals surface area contributed by atoms with Crippen molar-refractivity contribution in [3.05, 3.63) is 64.7 Å². The second kappa shape index (κ2) is 5.89. The van der Waals surface area contributed by atoms with E-state index in [2.05, 4.69) is 38.1 Å². The van der Waals surface area contributed by atoms with Gasteiger partial charge in [0, 0.05) is 6.04 Å². The van der Waals surface area contributed by atoms with Gasteiger partial charge < -0.3 is 10.5 Å². The minimum Gasteiger partial charge on any atom is -0.497 e. The molecular weight excluding hydrogens is 234 g/mol. The fourth-order valence-corrected chi connectivity index (χ4v) is 2.40. The number of rotatable bonds is 4. The lowest BCUT2D eigenvalue weighted by atomic mass is 9.96. The van der Waals surface area contributed by atoms with Crippen LogP contribution in [0.1, 0.15) is 28.3 Å². The second-order valence-electron chi connectivity index (χ2n) is 5.08. The lowest BCUT2D eigenvalue weighted by molar-refractivity contribution is 0.414. The maximum atomic E-state index is 6.32. The zero-order valence-corrected chi connectivity index (χ0v) is 11.8. The quantitative estimate of drug-likeness (QED) is 0.906. The molecule has 2 aromatic carbocycles. The van der Waals surface area contributed by atoms with Crippen molar-refractivity contribution in [2.45, 2.75) is 26.3 Å². The van der Waals surface area contributed by atoms with Crippen molar-refractivity contribution < 1.29 is 4.74 Å². The molecule has 0 bridgehead atoms. The van der Waals surface area contributed by atoms with Gasteiger partial charge in [0.1, 0.15) is 5.75 Å². The zero-order valence-electron chi connectivity index (χ0n) is 11.8. The highest BCUT2D eigenvalue weighted by atomic mass is 16.5. The minimum atomic E-state index is 0.0192. The van der Waals surface area contributed by atoms with Crippen LogP contribution in [0.15, 0.2) is 42.5 Å². The average Bonchev–Trinajstić information content (AvgIpc) is 2.37. The number of hydrogen-bond acceptors (Lipinski definition) is 2. The van der Waals surface area contributed by atoms with E-state index in [9.17, 15) is 0 Å². The van der Waals surface area contributed by atoms with Crippen LogP contribution < -0.4 is 10.5 Å². The van der Waals surface area contributed by atoms with Gasteiger partial charge in [0.25, 0.3) is 0 Å². The first-order valence-corrected chi connectivity index (χ1v) is 6.55. The molecule has 100 valence electrons. The predicted octanol–water partition coefficient (Wildman–Crippen LogP) is 3.55. The fourth-order valence-electron chi connectivity index (χ4n) is 2.40. The van der Waals surface area contributed by atoms with Crippen LogP contribution in [0.4, 0.5) is 0 Å². The van der Waals surface area contributed by atoms with Gasteiger partial charge in [-0.15, -0.1) is 0 Å². The minimum absolute atomic E-state index is 0.0192. The van der Waals surface area contributed by atoms with E-state index >= 15 is 0 Å². The van der Waals surface area contributed by atoms with Crippen molar-refractivity contribution in [1.29, 1.82) is 0 Å². The smallest absolute Gasteiger partial charge is 0.119 e. The van der Waals surface area contributed by atoms with Crippen molar-refractivity contribution in [3.8, 4) is 5.75 Å². The Morgan fingerprint density at radius 1 is 1.05 bits per heavy atom. The van der Waals surface area contributed by atoms with Crippen LogP contribution in [0.2, 0.25) is 0 Å². The molecule has 19 heavy (non-hydrogen) atoms. The Labute approximate surface area is 115 Å². The molecule has 0 heterocycles. The normalized spacial score (nSPS) is 12.2. The number of methoxy groups -OCH3 is 1. The SMILES string of the molecule is COc1cccc(CC(N)c2cc(C)cc(C)c2)c1. The second-order valence-corrected chi connectivity index (χ2v) is 5.08. The van der Waals surface area contributed by atoms with Crippen LogP contribution in [0, 0.1) is 13.8 Å². The lowest BCUT2D eigenvalue weighted by Crippen LogP contribution is -2.13. The summed E-state index contributed by atoms with van der Waals surface area (Å²) in [5.74, 6) is 0.880. The first-order chi connectivity index (χ1) is 9.08. The van der Waals surface area contributed by atoms with E-state index in [0.717, 1.165) is 12.2 Å². The number of ether oxygens (including phenoxy) is 1. The van der Waals surface area contributed by atoms with Crippen LogP contribution in [-0.4, -0.2) is 7.11 Å². The Balaban J connectivity index is 2.17. The lowest BCUT2D eigenvalue weighted by Gasteiger charge is -2.14. The van der Waals surface area contributed by atoms with Crippen LogP contribution in [-0.2, 0) is 6.42 Å². The topological polar surface area (TPSA) is 35.2 Å². The summed E-state index contributed by atoms with van der Waals surface area (Å²) in [6.45, 7) is 4.21. The fraction of sp³-hybridized carbons (Fsp3) is 0.294. The first-order valence-electron chi connectivity index (χ1n) is 6.55. The molecule has 0 aliphatic rings. The summed E-state index contributed by atoms with van der Waals surface area (Å²) in [5, 5.41) is 0. The predicted molar refractivity (Wildman–Crippen MR) is 79.5 cm³/mol. The molecule has 0 spiro atoms. The summed E-state index contributed by atoms with van der Waals surface area (Å²) in [7, 11) is 1.68. The van der Waals surface area contributed by atoms with Gasteiger partial charge in [-0.05, 0) is 43.5 Å². The van der Waals surface area contributed by atoms with Crippen molar-refractivity contribution in [2.75, 3.05) is 7.11 Å². The summed E-state index contributed by atoms with van der Waals surface area (Å²) in [5.41, 5.74) is 11.2. The zero-order chi connectivity index (χ0) is 13.8. The van der Waals surface area contributed by atoms with Crippen molar-refractivity contribution >= 4 is 0 Å². The summed E-state index contributed by atoms with van der Waals surface area (Å²) in [4.78, 5) is 0. The third-order valence-corrected chi connectivity index (χ3v) is 3.26. The molecule has 2 heteroatoms. The summed E-state index contributed by atoms with van der Waals surface area (Å²) >= 11 is 0. The molecule has 0 amide bonds. The molecule has 0 radical (unpaired) electrons. The van der Waals surface area contributed by atoms with Gasteiger partial charge in [0.15, 0.2) is 0 Å². The molecule has 2 rings (SSSR count). The molecule has 1 unspecified atom stereocenters. The largest absolute Gasteiger partial charge is 0.497 e. The van der Waals surface area contributed by atoms with E-state index < -0.39 is 0 Å². The van der Waals surface area contributed by atoms with Crippen LogP contribution in [0.3, 0.4) is 0 Å². The van der Waals surface area contributed by atoms with Gasteiger partial charge in [0.2, 0.25) is 0 Å². The molecule has 0 saturated heterocycles. The molecule has 0 aliphatic heterocycles. The highest BCUT2D eigenvalue weighted by Crippen LogP contribution is 2.21. The maximum absolute atomic E-state index is 6.32. The number of nitrogens with two attached hydrogens (primary N) is 1. The molecule has 2 N–H and O–H groups in total. The number of hydrogen-bond donors (Lipinski definition) is 1. The van der Waals surface area contributed by atoms with Gasteiger partial charge >= 0.3 is 0 Å². The number of benzene rings is 2. The van der Waals surface area contributed by atoms with E-state index in [-0.39, 0.29) is 6.04 Å². The van der Waals surface area contributed by atoms with E-state index in [1.165, 1.54) is 22.3 Å². The highest BCUT2D eigenvalue weighted by Gasteiger charge is 2.08. The Hall–Kier alpha value is -1.80. The molecular formula is C17H21NO. The van der Waals surface area contributed by atoms with Crippen molar-refractivity contribution in [2.24, 2.45) is 5.73 Å². The Morgan fingerprint density at radius 2 is 1.74 bits per heavy atom. The third-order valence-electron chi connectivity index (χ3n) is 3.26. The van der Waals surface area contributed by atoms with Crippen molar-refractivity contribution in [1.82, 2.24) is 0 Å². The highest BCUT2D eigenvalue weighted by molar-refractivity contribution is 5.33. The van der Waals surface area contributed by atoms with Crippen LogP contribution in [0.25, 0.3) is 0 Å². The summed E-state index contributed by atoms with van der Waals surface area (Å²) in [6.07, 6.45) is 0.820.